The molecule has 0 heterocycles. The van der Waals surface area contributed by atoms with E-state index in [-0.39, 0.29) is 11.6 Å². The molecule has 0 fully saturated rings. The fraction of sp³-hybridized carbons (Fsp3) is 0.176. The number of carbonyl (C=O) groups is 2. The van der Waals surface area contributed by atoms with Crippen molar-refractivity contribution < 1.29 is 14.0 Å². The summed E-state index contributed by atoms with van der Waals surface area (Å²) in [5.41, 5.74) is 2.81. The molecule has 23 heavy (non-hydrogen) atoms. The van der Waals surface area contributed by atoms with Crippen LogP contribution in [-0.2, 0) is 4.79 Å². The summed E-state index contributed by atoms with van der Waals surface area (Å²) in [6, 6.07) is 10.8. The molecule has 0 aliphatic heterocycles. The molecule has 2 N–H and O–H groups in total. The highest BCUT2D eigenvalue weighted by Crippen LogP contribution is 2.17. The number of amides is 3. The van der Waals surface area contributed by atoms with Crippen molar-refractivity contribution in [1.29, 1.82) is 0 Å². The molecule has 0 saturated heterocycles. The van der Waals surface area contributed by atoms with Gasteiger partial charge in [-0.25, -0.2) is 9.18 Å². The van der Waals surface area contributed by atoms with Crippen LogP contribution in [-0.4, -0.2) is 17.7 Å². The molecule has 3 amide bonds. The van der Waals surface area contributed by atoms with Crippen LogP contribution in [0.5, 0.6) is 0 Å². The lowest BCUT2D eigenvalue weighted by Crippen LogP contribution is -2.35. The predicted molar refractivity (Wildman–Crippen MR) is 90.2 cm³/mol. The van der Waals surface area contributed by atoms with Crippen molar-refractivity contribution in [2.45, 2.75) is 18.7 Å². The molecule has 0 radical (unpaired) electrons. The third-order valence-electron chi connectivity index (χ3n) is 3.20. The van der Waals surface area contributed by atoms with E-state index in [1.54, 1.807) is 18.2 Å². The minimum atomic E-state index is -0.571. The molecule has 0 aliphatic rings. The number of hydrogen-bond donors (Lipinski definition) is 2. The predicted octanol–water partition coefficient (Wildman–Crippen LogP) is 3.88. The van der Waals surface area contributed by atoms with Gasteiger partial charge in [0.15, 0.2) is 0 Å². The van der Waals surface area contributed by atoms with Gasteiger partial charge in [-0.1, -0.05) is 6.07 Å². The van der Waals surface area contributed by atoms with Gasteiger partial charge in [0, 0.05) is 10.6 Å². The lowest BCUT2D eigenvalue weighted by molar-refractivity contribution is -0.117. The largest absolute Gasteiger partial charge is 0.325 e. The average Bonchev–Trinajstić information content (AvgIpc) is 2.50. The van der Waals surface area contributed by atoms with Gasteiger partial charge in [-0.15, -0.1) is 11.8 Å². The quantitative estimate of drug-likeness (QED) is 0.835. The van der Waals surface area contributed by atoms with Crippen LogP contribution in [0.1, 0.15) is 11.1 Å². The number of thioether (sulfide) groups is 1. The van der Waals surface area contributed by atoms with E-state index in [0.29, 0.717) is 5.69 Å². The number of carbonyl (C=O) groups excluding carboxylic acids is 2. The lowest BCUT2D eigenvalue weighted by Gasteiger charge is -2.08. The second-order valence-electron chi connectivity index (χ2n) is 5.04. The summed E-state index contributed by atoms with van der Waals surface area (Å²) in [7, 11) is 0. The zero-order valence-electron chi connectivity index (χ0n) is 12.9. The van der Waals surface area contributed by atoms with Crippen LogP contribution in [0.4, 0.5) is 14.9 Å². The van der Waals surface area contributed by atoms with Crippen LogP contribution < -0.4 is 10.6 Å². The van der Waals surface area contributed by atoms with Crippen molar-refractivity contribution in [3.8, 4) is 0 Å². The smallest absolute Gasteiger partial charge is 0.308 e. The molecular formula is C17H17FN2O2S. The first-order valence-electron chi connectivity index (χ1n) is 7.00. The van der Waals surface area contributed by atoms with E-state index in [9.17, 15) is 14.0 Å². The molecule has 0 unspecified atom stereocenters. The second-order valence-corrected chi connectivity index (χ2v) is 6.09. The van der Waals surface area contributed by atoms with Gasteiger partial charge in [-0.3, -0.25) is 10.1 Å². The van der Waals surface area contributed by atoms with Gasteiger partial charge in [0.25, 0.3) is 0 Å². The van der Waals surface area contributed by atoms with Crippen molar-refractivity contribution in [3.05, 3.63) is 59.4 Å². The van der Waals surface area contributed by atoms with Gasteiger partial charge in [-0.2, -0.15) is 0 Å². The highest BCUT2D eigenvalue weighted by molar-refractivity contribution is 8.00. The molecule has 6 heteroatoms. The molecule has 0 atom stereocenters. The minimum absolute atomic E-state index is 0.0754. The Morgan fingerprint density at radius 2 is 1.74 bits per heavy atom. The highest BCUT2D eigenvalue weighted by Gasteiger charge is 2.09. The van der Waals surface area contributed by atoms with Crippen molar-refractivity contribution in [2.24, 2.45) is 0 Å². The maximum absolute atomic E-state index is 12.8. The van der Waals surface area contributed by atoms with Gasteiger partial charge < -0.3 is 5.32 Å². The van der Waals surface area contributed by atoms with Crippen molar-refractivity contribution in [1.82, 2.24) is 5.32 Å². The molecule has 2 aromatic carbocycles. The molecular weight excluding hydrogens is 315 g/mol. The maximum atomic E-state index is 12.8. The monoisotopic (exact) mass is 332 g/mol. The van der Waals surface area contributed by atoms with Gasteiger partial charge >= 0.3 is 6.03 Å². The Morgan fingerprint density at radius 3 is 2.39 bits per heavy atom. The van der Waals surface area contributed by atoms with Crippen LogP contribution >= 0.6 is 11.8 Å². The highest BCUT2D eigenvalue weighted by atomic mass is 32.2. The molecule has 0 aromatic heterocycles. The summed E-state index contributed by atoms with van der Waals surface area (Å²) in [5.74, 6) is -0.668. The molecule has 2 rings (SSSR count). The molecule has 0 aliphatic carbocycles. The number of hydrogen-bond acceptors (Lipinski definition) is 3. The van der Waals surface area contributed by atoms with E-state index < -0.39 is 11.9 Å². The molecule has 0 bridgehead atoms. The van der Waals surface area contributed by atoms with E-state index in [1.165, 1.54) is 23.9 Å². The molecule has 0 spiro atoms. The van der Waals surface area contributed by atoms with Crippen LogP contribution in [0.25, 0.3) is 0 Å². The Morgan fingerprint density at radius 1 is 1.04 bits per heavy atom. The van der Waals surface area contributed by atoms with Crippen LogP contribution in [0.2, 0.25) is 0 Å². The Hall–Kier alpha value is -2.34. The fourth-order valence-electron chi connectivity index (χ4n) is 1.82. The average molecular weight is 332 g/mol. The molecule has 2 aromatic rings. The van der Waals surface area contributed by atoms with Crippen LogP contribution in [0.15, 0.2) is 47.4 Å². The van der Waals surface area contributed by atoms with Crippen molar-refractivity contribution in [3.63, 3.8) is 0 Å². The fourth-order valence-corrected chi connectivity index (χ4v) is 2.52. The summed E-state index contributed by atoms with van der Waals surface area (Å²) in [5, 5.41) is 4.88. The number of benzene rings is 2. The summed E-state index contributed by atoms with van der Waals surface area (Å²) in [6.45, 7) is 3.93. The standard InChI is InChI=1S/C17H17FN2O2S/c1-11-3-6-14(9-12(11)2)19-17(22)20-16(21)10-23-15-7-4-13(18)5-8-15/h3-9H,10H2,1-2H3,(H2,19,20,21,22). The normalized spacial score (nSPS) is 10.2. The van der Waals surface area contributed by atoms with E-state index in [0.717, 1.165) is 16.0 Å². The second kappa shape index (κ2) is 7.78. The number of aryl methyl sites for hydroxylation is 2. The van der Waals surface area contributed by atoms with Crippen LogP contribution in [0.3, 0.4) is 0 Å². The number of imide groups is 1. The Bertz CT molecular complexity index is 717. The lowest BCUT2D eigenvalue weighted by atomic mass is 10.1. The molecule has 120 valence electrons. The SMILES string of the molecule is Cc1ccc(NC(=O)NC(=O)CSc2ccc(F)cc2)cc1C. The Labute approximate surface area is 138 Å². The van der Waals surface area contributed by atoms with E-state index in [1.807, 2.05) is 26.0 Å². The molecule has 4 nitrogen and oxygen atoms in total. The van der Waals surface area contributed by atoms with Gasteiger partial charge in [-0.05, 0) is 61.4 Å². The maximum Gasteiger partial charge on any atom is 0.325 e. The van der Waals surface area contributed by atoms with Crippen molar-refractivity contribution >= 4 is 29.4 Å². The zero-order valence-corrected chi connectivity index (χ0v) is 13.7. The summed E-state index contributed by atoms with van der Waals surface area (Å²) < 4.78 is 12.8. The minimum Gasteiger partial charge on any atom is -0.308 e. The van der Waals surface area contributed by atoms with Gasteiger partial charge in [0.2, 0.25) is 5.91 Å². The molecule has 0 saturated carbocycles. The number of anilines is 1. The number of urea groups is 1. The van der Waals surface area contributed by atoms with E-state index >= 15 is 0 Å². The summed E-state index contributed by atoms with van der Waals surface area (Å²) in [6.07, 6.45) is 0. The topological polar surface area (TPSA) is 58.2 Å². The zero-order chi connectivity index (χ0) is 16.8. The third kappa shape index (κ3) is 5.41. The number of halogens is 1. The number of nitrogens with one attached hydrogen (secondary N) is 2. The van der Waals surface area contributed by atoms with Crippen molar-refractivity contribution in [2.75, 3.05) is 11.1 Å². The Kier molecular flexibility index (Phi) is 5.76. The first-order valence-corrected chi connectivity index (χ1v) is 7.99. The van der Waals surface area contributed by atoms with E-state index in [4.69, 9.17) is 0 Å². The summed E-state index contributed by atoms with van der Waals surface area (Å²) >= 11 is 1.23. The van der Waals surface area contributed by atoms with Crippen LogP contribution in [0, 0.1) is 19.7 Å². The Balaban J connectivity index is 1.81. The van der Waals surface area contributed by atoms with E-state index in [2.05, 4.69) is 10.6 Å². The van der Waals surface area contributed by atoms with Gasteiger partial charge in [0.1, 0.15) is 5.82 Å². The number of rotatable bonds is 4. The van der Waals surface area contributed by atoms with Gasteiger partial charge in [0.05, 0.1) is 5.75 Å². The summed E-state index contributed by atoms with van der Waals surface area (Å²) in [4.78, 5) is 24.3. The first-order chi connectivity index (χ1) is 10.9. The first kappa shape index (κ1) is 17.0. The third-order valence-corrected chi connectivity index (χ3v) is 4.21.